The van der Waals surface area contributed by atoms with Crippen molar-refractivity contribution in [3.05, 3.63) is 0 Å². The Morgan fingerprint density at radius 1 is 1.43 bits per heavy atom. The summed E-state index contributed by atoms with van der Waals surface area (Å²) in [5.41, 5.74) is -0.924. The predicted molar refractivity (Wildman–Crippen MR) is 51.9 cm³/mol. The molecule has 1 amide bonds. The molecular formula is C10H17NO3. The first-order valence-electron chi connectivity index (χ1n) is 5.12. The van der Waals surface area contributed by atoms with Crippen LogP contribution in [0.15, 0.2) is 0 Å². The van der Waals surface area contributed by atoms with E-state index in [0.29, 0.717) is 25.8 Å². The molecule has 1 unspecified atom stereocenters. The summed E-state index contributed by atoms with van der Waals surface area (Å²) < 4.78 is 0. The Bertz CT molecular complexity index is 252. The van der Waals surface area contributed by atoms with Crippen molar-refractivity contribution in [2.45, 2.75) is 45.1 Å². The number of carbonyl (C=O) groups is 2. The summed E-state index contributed by atoms with van der Waals surface area (Å²) in [6.45, 7) is 4.19. The fourth-order valence-electron chi connectivity index (χ4n) is 2.17. The highest BCUT2D eigenvalue weighted by molar-refractivity contribution is 5.87. The molecule has 1 rings (SSSR count). The molecule has 1 aliphatic heterocycles. The van der Waals surface area contributed by atoms with E-state index in [2.05, 4.69) is 0 Å². The van der Waals surface area contributed by atoms with Crippen molar-refractivity contribution in [3.8, 4) is 0 Å². The van der Waals surface area contributed by atoms with Gasteiger partial charge in [-0.25, -0.2) is 4.79 Å². The van der Waals surface area contributed by atoms with Crippen LogP contribution in [0.4, 0.5) is 0 Å². The molecule has 1 fully saturated rings. The molecule has 14 heavy (non-hydrogen) atoms. The molecule has 0 aromatic heterocycles. The summed E-state index contributed by atoms with van der Waals surface area (Å²) in [5, 5.41) is 9.18. The van der Waals surface area contributed by atoms with Gasteiger partial charge in [0.15, 0.2) is 0 Å². The van der Waals surface area contributed by atoms with Crippen molar-refractivity contribution in [2.24, 2.45) is 0 Å². The normalized spacial score (nSPS) is 26.6. The minimum absolute atomic E-state index is 0.0493. The third kappa shape index (κ3) is 1.49. The zero-order chi connectivity index (χ0) is 10.8. The molecule has 0 aromatic rings. The second kappa shape index (κ2) is 3.98. The third-order valence-corrected chi connectivity index (χ3v) is 3.08. The van der Waals surface area contributed by atoms with E-state index in [4.69, 9.17) is 0 Å². The third-order valence-electron chi connectivity index (χ3n) is 3.08. The maximum Gasteiger partial charge on any atom is 0.329 e. The molecule has 1 saturated heterocycles. The van der Waals surface area contributed by atoms with E-state index >= 15 is 0 Å². The lowest BCUT2D eigenvalue weighted by Crippen LogP contribution is -2.52. The van der Waals surface area contributed by atoms with E-state index in [1.807, 2.05) is 6.92 Å². The van der Waals surface area contributed by atoms with Gasteiger partial charge in [0, 0.05) is 13.0 Å². The first-order chi connectivity index (χ1) is 6.58. The first kappa shape index (κ1) is 11.0. The molecule has 4 heteroatoms. The number of carboxylic acids is 1. The SMILES string of the molecule is CCC(=O)N1CCCC1(CC)C(=O)O. The van der Waals surface area contributed by atoms with Crippen LogP contribution in [0.25, 0.3) is 0 Å². The van der Waals surface area contributed by atoms with Crippen molar-refractivity contribution < 1.29 is 14.7 Å². The van der Waals surface area contributed by atoms with E-state index in [0.717, 1.165) is 6.42 Å². The smallest absolute Gasteiger partial charge is 0.329 e. The number of likely N-dealkylation sites (tertiary alicyclic amines) is 1. The monoisotopic (exact) mass is 199 g/mol. The molecule has 1 aliphatic rings. The van der Waals surface area contributed by atoms with Gasteiger partial charge in [0.05, 0.1) is 0 Å². The summed E-state index contributed by atoms with van der Waals surface area (Å²) >= 11 is 0. The number of aliphatic carboxylic acids is 1. The summed E-state index contributed by atoms with van der Waals surface area (Å²) in [6.07, 6.45) is 2.26. The van der Waals surface area contributed by atoms with Crippen LogP contribution in [-0.4, -0.2) is 34.0 Å². The van der Waals surface area contributed by atoms with Crippen LogP contribution < -0.4 is 0 Å². The standard InChI is InChI=1S/C10H17NO3/c1-3-8(12)11-7-5-6-10(11,4-2)9(13)14/h3-7H2,1-2H3,(H,13,14). The van der Waals surface area contributed by atoms with Crippen molar-refractivity contribution in [1.29, 1.82) is 0 Å². The number of hydrogen-bond acceptors (Lipinski definition) is 2. The maximum absolute atomic E-state index is 11.6. The van der Waals surface area contributed by atoms with Gasteiger partial charge in [-0.15, -0.1) is 0 Å². The van der Waals surface area contributed by atoms with Crippen LogP contribution in [0.1, 0.15) is 39.5 Å². The summed E-state index contributed by atoms with van der Waals surface area (Å²) in [5.74, 6) is -0.911. The van der Waals surface area contributed by atoms with E-state index in [1.165, 1.54) is 4.90 Å². The minimum Gasteiger partial charge on any atom is -0.479 e. The number of carbonyl (C=O) groups excluding carboxylic acids is 1. The highest BCUT2D eigenvalue weighted by atomic mass is 16.4. The van der Waals surface area contributed by atoms with Crippen LogP contribution in [0.5, 0.6) is 0 Å². The highest BCUT2D eigenvalue weighted by Crippen LogP contribution is 2.33. The fraction of sp³-hybridized carbons (Fsp3) is 0.800. The highest BCUT2D eigenvalue weighted by Gasteiger charge is 2.47. The Labute approximate surface area is 83.9 Å². The molecule has 0 radical (unpaired) electrons. The van der Waals surface area contributed by atoms with Crippen LogP contribution in [-0.2, 0) is 9.59 Å². The predicted octanol–water partition coefficient (Wildman–Crippen LogP) is 1.25. The van der Waals surface area contributed by atoms with Gasteiger partial charge in [0.2, 0.25) is 5.91 Å². The van der Waals surface area contributed by atoms with Gasteiger partial charge in [-0.1, -0.05) is 13.8 Å². The average Bonchev–Trinajstić information content (AvgIpc) is 2.61. The summed E-state index contributed by atoms with van der Waals surface area (Å²) in [4.78, 5) is 24.3. The summed E-state index contributed by atoms with van der Waals surface area (Å²) in [7, 11) is 0. The molecule has 4 nitrogen and oxygen atoms in total. The zero-order valence-corrected chi connectivity index (χ0v) is 8.75. The Hall–Kier alpha value is -1.06. The van der Waals surface area contributed by atoms with Crippen LogP contribution in [0.2, 0.25) is 0 Å². The maximum atomic E-state index is 11.6. The second-order valence-corrected chi connectivity index (χ2v) is 3.69. The average molecular weight is 199 g/mol. The van der Waals surface area contributed by atoms with Crippen molar-refractivity contribution in [2.75, 3.05) is 6.54 Å². The quantitative estimate of drug-likeness (QED) is 0.744. The topological polar surface area (TPSA) is 57.6 Å². The number of rotatable bonds is 3. The van der Waals surface area contributed by atoms with Gasteiger partial charge in [-0.3, -0.25) is 4.79 Å². The Morgan fingerprint density at radius 3 is 2.50 bits per heavy atom. The number of amides is 1. The molecule has 1 heterocycles. The molecule has 0 aliphatic carbocycles. The van der Waals surface area contributed by atoms with Crippen molar-refractivity contribution >= 4 is 11.9 Å². The fourth-order valence-corrected chi connectivity index (χ4v) is 2.17. The molecule has 1 N–H and O–H groups in total. The van der Waals surface area contributed by atoms with Crippen LogP contribution >= 0.6 is 0 Å². The summed E-state index contributed by atoms with van der Waals surface area (Å²) in [6, 6.07) is 0. The zero-order valence-electron chi connectivity index (χ0n) is 8.75. The van der Waals surface area contributed by atoms with Gasteiger partial charge < -0.3 is 10.0 Å². The molecule has 0 saturated carbocycles. The lowest BCUT2D eigenvalue weighted by atomic mass is 9.93. The second-order valence-electron chi connectivity index (χ2n) is 3.69. The van der Waals surface area contributed by atoms with Crippen LogP contribution in [0, 0.1) is 0 Å². The largest absolute Gasteiger partial charge is 0.479 e. The molecule has 0 spiro atoms. The lowest BCUT2D eigenvalue weighted by molar-refractivity contribution is -0.156. The molecule has 80 valence electrons. The van der Waals surface area contributed by atoms with Gasteiger partial charge in [-0.2, -0.15) is 0 Å². The van der Waals surface area contributed by atoms with Gasteiger partial charge in [-0.05, 0) is 19.3 Å². The number of nitrogens with zero attached hydrogens (tertiary/aromatic N) is 1. The van der Waals surface area contributed by atoms with Gasteiger partial charge >= 0.3 is 5.97 Å². The first-order valence-corrected chi connectivity index (χ1v) is 5.12. The number of hydrogen-bond donors (Lipinski definition) is 1. The number of carboxylic acid groups (broad SMARTS) is 1. The molecule has 0 bridgehead atoms. The van der Waals surface area contributed by atoms with E-state index < -0.39 is 11.5 Å². The van der Waals surface area contributed by atoms with E-state index in [9.17, 15) is 14.7 Å². The Balaban J connectivity index is 2.94. The van der Waals surface area contributed by atoms with Crippen molar-refractivity contribution in [3.63, 3.8) is 0 Å². The van der Waals surface area contributed by atoms with Gasteiger partial charge in [0.1, 0.15) is 5.54 Å². The molecular weight excluding hydrogens is 182 g/mol. The van der Waals surface area contributed by atoms with Crippen molar-refractivity contribution in [1.82, 2.24) is 4.90 Å². The molecule has 1 atom stereocenters. The van der Waals surface area contributed by atoms with Crippen LogP contribution in [0.3, 0.4) is 0 Å². The molecule has 0 aromatic carbocycles. The van der Waals surface area contributed by atoms with Gasteiger partial charge in [0.25, 0.3) is 0 Å². The Kier molecular flexibility index (Phi) is 3.13. The Morgan fingerprint density at radius 2 is 2.07 bits per heavy atom. The van der Waals surface area contributed by atoms with E-state index in [-0.39, 0.29) is 5.91 Å². The van der Waals surface area contributed by atoms with E-state index in [1.54, 1.807) is 6.92 Å². The minimum atomic E-state index is -0.924. The lowest BCUT2D eigenvalue weighted by Gasteiger charge is -2.33.